The molecule has 8 heteroatoms. The van der Waals surface area contributed by atoms with E-state index in [4.69, 9.17) is 5.73 Å². The molecule has 0 spiro atoms. The van der Waals surface area contributed by atoms with E-state index in [1.54, 1.807) is 41.3 Å². The van der Waals surface area contributed by atoms with Gasteiger partial charge in [0.05, 0.1) is 9.77 Å². The summed E-state index contributed by atoms with van der Waals surface area (Å²) < 4.78 is 25.5. The number of piperidine rings is 1. The van der Waals surface area contributed by atoms with Crippen LogP contribution in [-0.2, 0) is 9.84 Å². The van der Waals surface area contributed by atoms with Crippen molar-refractivity contribution in [2.24, 2.45) is 11.7 Å². The van der Waals surface area contributed by atoms with Gasteiger partial charge in [-0.1, -0.05) is 18.2 Å². The van der Waals surface area contributed by atoms with Gasteiger partial charge in [0.15, 0.2) is 0 Å². The first-order valence-corrected chi connectivity index (χ1v) is 10.6. The van der Waals surface area contributed by atoms with Crippen molar-refractivity contribution in [1.82, 2.24) is 4.90 Å². The Bertz CT molecular complexity index is 850. The molecule has 1 fully saturated rings. The molecule has 2 unspecified atom stereocenters. The van der Waals surface area contributed by atoms with Crippen LogP contribution >= 0.6 is 23.7 Å². The molecular weight excluding hydrogens is 392 g/mol. The first-order valence-electron chi connectivity index (χ1n) is 8.34. The van der Waals surface area contributed by atoms with Crippen LogP contribution in [0.4, 0.5) is 0 Å². The van der Waals surface area contributed by atoms with E-state index in [1.165, 1.54) is 6.07 Å². The number of likely N-dealkylation sites (tertiary alicyclic amines) is 1. The topological polar surface area (TPSA) is 80.5 Å². The van der Waals surface area contributed by atoms with Crippen LogP contribution in [0.25, 0.3) is 0 Å². The Balaban J connectivity index is 0.00000243. The Morgan fingerprint density at radius 2 is 1.92 bits per heavy atom. The van der Waals surface area contributed by atoms with E-state index in [1.807, 2.05) is 6.92 Å². The number of nitrogens with zero attached hydrogens (tertiary/aromatic N) is 1. The summed E-state index contributed by atoms with van der Waals surface area (Å²) in [5.41, 5.74) is 5.98. The van der Waals surface area contributed by atoms with Crippen LogP contribution in [-0.4, -0.2) is 38.4 Å². The fraction of sp³-hybridized carbons (Fsp3) is 0.389. The molecule has 5 nitrogen and oxygen atoms in total. The van der Waals surface area contributed by atoms with Gasteiger partial charge in [-0.3, -0.25) is 4.79 Å². The molecule has 0 aliphatic carbocycles. The van der Waals surface area contributed by atoms with E-state index in [2.05, 4.69) is 0 Å². The van der Waals surface area contributed by atoms with Crippen LogP contribution in [0, 0.1) is 5.92 Å². The quantitative estimate of drug-likeness (QED) is 0.832. The number of carbonyl (C=O) groups excluding carboxylic acids is 1. The summed E-state index contributed by atoms with van der Waals surface area (Å²) in [7, 11) is -3.58. The molecule has 0 radical (unpaired) electrons. The fourth-order valence-electron chi connectivity index (χ4n) is 3.07. The first kappa shape index (κ1) is 20.9. The third-order valence-electron chi connectivity index (χ3n) is 4.60. The van der Waals surface area contributed by atoms with Crippen LogP contribution in [0.2, 0.25) is 0 Å². The van der Waals surface area contributed by atoms with Gasteiger partial charge >= 0.3 is 0 Å². The molecule has 2 N–H and O–H groups in total. The highest BCUT2D eigenvalue weighted by Crippen LogP contribution is 2.29. The maximum absolute atomic E-state index is 12.7. The largest absolute Gasteiger partial charge is 0.338 e. The van der Waals surface area contributed by atoms with E-state index in [9.17, 15) is 13.2 Å². The Morgan fingerprint density at radius 3 is 2.58 bits per heavy atom. The van der Waals surface area contributed by atoms with Crippen molar-refractivity contribution in [3.8, 4) is 0 Å². The number of thiophene rings is 1. The summed E-state index contributed by atoms with van der Waals surface area (Å²) >= 11 is 1.04. The summed E-state index contributed by atoms with van der Waals surface area (Å²) in [4.78, 5) is 15.2. The molecule has 2 heterocycles. The standard InChI is InChI=1S/C18H22N2O3S2.ClH/c1-13(19)14-6-5-11-20(12-14)18(21)16-9-10-17(24-16)25(22,23)15-7-3-2-4-8-15;/h2-4,7-10,13-14H,5-6,11-12,19H2,1H3;1H. The predicted molar refractivity (Wildman–Crippen MR) is 106 cm³/mol. The molecule has 1 aromatic carbocycles. The Kier molecular flexibility index (Phi) is 6.85. The number of amides is 1. The molecule has 2 aromatic rings. The average molecular weight is 415 g/mol. The van der Waals surface area contributed by atoms with Crippen molar-refractivity contribution in [2.75, 3.05) is 13.1 Å². The lowest BCUT2D eigenvalue weighted by atomic mass is 9.92. The SMILES string of the molecule is CC(N)C1CCCN(C(=O)c2ccc(S(=O)(=O)c3ccccc3)s2)C1.Cl. The number of carbonyl (C=O) groups is 1. The lowest BCUT2D eigenvalue weighted by molar-refractivity contribution is 0.0666. The van der Waals surface area contributed by atoms with E-state index in [0.717, 1.165) is 24.2 Å². The van der Waals surface area contributed by atoms with Gasteiger partial charge in [0, 0.05) is 19.1 Å². The zero-order valence-corrected chi connectivity index (χ0v) is 16.9. The number of rotatable bonds is 4. The van der Waals surface area contributed by atoms with Gasteiger partial charge in [0.1, 0.15) is 4.21 Å². The van der Waals surface area contributed by atoms with Crippen molar-refractivity contribution in [3.63, 3.8) is 0 Å². The molecule has 142 valence electrons. The Hall–Kier alpha value is -1.41. The fourth-order valence-corrected chi connectivity index (χ4v) is 5.77. The minimum atomic E-state index is -3.58. The highest BCUT2D eigenvalue weighted by atomic mass is 35.5. The van der Waals surface area contributed by atoms with E-state index >= 15 is 0 Å². The number of sulfone groups is 1. The smallest absolute Gasteiger partial charge is 0.263 e. The van der Waals surface area contributed by atoms with Crippen molar-refractivity contribution >= 4 is 39.5 Å². The third-order valence-corrected chi connectivity index (χ3v) is 7.93. The lowest BCUT2D eigenvalue weighted by Gasteiger charge is -2.34. The summed E-state index contributed by atoms with van der Waals surface area (Å²) in [6, 6.07) is 11.5. The maximum atomic E-state index is 12.7. The molecule has 1 aliphatic rings. The third kappa shape index (κ3) is 4.28. The van der Waals surface area contributed by atoms with Gasteiger partial charge in [-0.15, -0.1) is 23.7 Å². The van der Waals surface area contributed by atoms with Crippen LogP contribution in [0.15, 0.2) is 51.6 Å². The second-order valence-electron chi connectivity index (χ2n) is 6.45. The minimum Gasteiger partial charge on any atom is -0.338 e. The summed E-state index contributed by atoms with van der Waals surface area (Å²) in [5.74, 6) is 0.190. The van der Waals surface area contributed by atoms with Crippen LogP contribution in [0.1, 0.15) is 29.4 Å². The van der Waals surface area contributed by atoms with Crippen molar-refractivity contribution in [2.45, 2.75) is 34.9 Å². The molecule has 1 aromatic heterocycles. The molecule has 0 saturated carbocycles. The zero-order valence-electron chi connectivity index (χ0n) is 14.5. The van der Waals surface area contributed by atoms with Gasteiger partial charge in [-0.05, 0) is 49.9 Å². The molecule has 26 heavy (non-hydrogen) atoms. The monoisotopic (exact) mass is 414 g/mol. The highest BCUT2D eigenvalue weighted by Gasteiger charge is 2.28. The molecule has 3 rings (SSSR count). The molecular formula is C18H23ClN2O3S2. The second-order valence-corrected chi connectivity index (χ2v) is 9.71. The molecule has 1 amide bonds. The molecule has 2 atom stereocenters. The zero-order chi connectivity index (χ0) is 18.0. The number of nitrogens with two attached hydrogens (primary N) is 1. The number of hydrogen-bond donors (Lipinski definition) is 1. The maximum Gasteiger partial charge on any atom is 0.263 e. The Labute approximate surface area is 164 Å². The Morgan fingerprint density at radius 1 is 1.23 bits per heavy atom. The van der Waals surface area contributed by atoms with Gasteiger partial charge in [0.25, 0.3) is 5.91 Å². The number of halogens is 1. The van der Waals surface area contributed by atoms with Crippen molar-refractivity contribution in [1.29, 1.82) is 0 Å². The van der Waals surface area contributed by atoms with Crippen LogP contribution in [0.5, 0.6) is 0 Å². The number of benzene rings is 1. The summed E-state index contributed by atoms with van der Waals surface area (Å²) in [6.45, 7) is 3.30. The first-order chi connectivity index (χ1) is 11.9. The summed E-state index contributed by atoms with van der Waals surface area (Å²) in [6.07, 6.45) is 1.96. The van der Waals surface area contributed by atoms with Crippen LogP contribution < -0.4 is 5.73 Å². The van der Waals surface area contributed by atoms with Gasteiger partial charge in [0.2, 0.25) is 9.84 Å². The van der Waals surface area contributed by atoms with Crippen molar-refractivity contribution in [3.05, 3.63) is 47.3 Å². The van der Waals surface area contributed by atoms with Gasteiger partial charge in [-0.25, -0.2) is 8.42 Å². The highest BCUT2D eigenvalue weighted by molar-refractivity contribution is 7.93. The minimum absolute atomic E-state index is 0. The second kappa shape index (κ2) is 8.52. The predicted octanol–water partition coefficient (Wildman–Crippen LogP) is 3.20. The molecule has 1 saturated heterocycles. The normalized spacial score (nSPS) is 18.8. The lowest BCUT2D eigenvalue weighted by Crippen LogP contribution is -2.44. The molecule has 0 bridgehead atoms. The van der Waals surface area contributed by atoms with E-state index in [0.29, 0.717) is 23.9 Å². The van der Waals surface area contributed by atoms with Crippen molar-refractivity contribution < 1.29 is 13.2 Å². The number of hydrogen-bond acceptors (Lipinski definition) is 5. The van der Waals surface area contributed by atoms with Gasteiger partial charge in [-0.2, -0.15) is 0 Å². The van der Waals surface area contributed by atoms with E-state index in [-0.39, 0.29) is 33.5 Å². The summed E-state index contributed by atoms with van der Waals surface area (Å²) in [5, 5.41) is 0. The van der Waals surface area contributed by atoms with E-state index < -0.39 is 9.84 Å². The average Bonchev–Trinajstić information content (AvgIpc) is 3.13. The van der Waals surface area contributed by atoms with Gasteiger partial charge < -0.3 is 10.6 Å². The molecule has 1 aliphatic heterocycles. The van der Waals surface area contributed by atoms with Crippen LogP contribution in [0.3, 0.4) is 0 Å².